The molecule has 0 rings (SSSR count). The number of carbonyl (C=O) groups is 1. The van der Waals surface area contributed by atoms with Crippen LogP contribution in [0.2, 0.25) is 0 Å². The Labute approximate surface area is 103 Å². The quantitative estimate of drug-likeness (QED) is 0.371. The zero-order valence-corrected chi connectivity index (χ0v) is 11.1. The Hall–Kier alpha value is -0.490. The number of hydrogen-bond donors (Lipinski definition) is 2. The van der Waals surface area contributed by atoms with Crippen molar-refractivity contribution in [3.63, 3.8) is 0 Å². The van der Waals surface area contributed by atoms with Gasteiger partial charge in [-0.15, -0.1) is 0 Å². The van der Waals surface area contributed by atoms with E-state index in [4.69, 9.17) is 9.99 Å². The minimum atomic E-state index is -1.07. The summed E-state index contributed by atoms with van der Waals surface area (Å²) < 4.78 is 5.07. The molecule has 0 aromatic heterocycles. The van der Waals surface area contributed by atoms with Crippen LogP contribution >= 0.6 is 0 Å². The summed E-state index contributed by atoms with van der Waals surface area (Å²) in [4.78, 5) is 15.1. The van der Waals surface area contributed by atoms with E-state index >= 15 is 0 Å². The largest absolute Gasteiger partial charge is 0.368 e. The number of Topliss-reactive ketones (excluding diaryl/α,β-unsaturated/α-hetero) is 1. The maximum absolute atomic E-state index is 10.7. The fourth-order valence-corrected chi connectivity index (χ4v) is 1.43. The van der Waals surface area contributed by atoms with Crippen LogP contribution in [-0.2, 0) is 14.4 Å². The van der Waals surface area contributed by atoms with E-state index < -0.39 is 6.29 Å². The van der Waals surface area contributed by atoms with Gasteiger partial charge in [0, 0.05) is 6.42 Å². The van der Waals surface area contributed by atoms with Gasteiger partial charge in [-0.3, -0.25) is 10.1 Å². The molecule has 102 valence electrons. The van der Waals surface area contributed by atoms with Gasteiger partial charge in [-0.1, -0.05) is 20.8 Å². The Morgan fingerprint density at radius 2 is 2.00 bits per heavy atom. The predicted molar refractivity (Wildman–Crippen MR) is 63.4 cm³/mol. The molecule has 17 heavy (non-hydrogen) atoms. The Balaban J connectivity index is 3.96. The standard InChI is InChI=1S/C12H24O5/c1-5-12(3,4)10(17-15)6-7-16-11(14)8-9(2)13/h10-11,14-15H,5-8H2,1-4H3. The van der Waals surface area contributed by atoms with Crippen molar-refractivity contribution in [2.75, 3.05) is 6.61 Å². The first-order chi connectivity index (χ1) is 7.83. The summed E-state index contributed by atoms with van der Waals surface area (Å²) in [6.45, 7) is 7.62. The molecule has 0 spiro atoms. The maximum atomic E-state index is 10.7. The van der Waals surface area contributed by atoms with Crippen molar-refractivity contribution in [3.05, 3.63) is 0 Å². The Morgan fingerprint density at radius 3 is 2.41 bits per heavy atom. The SMILES string of the molecule is CCC(C)(C)C(CCOC(O)CC(C)=O)OO. The van der Waals surface area contributed by atoms with E-state index in [1.807, 2.05) is 20.8 Å². The van der Waals surface area contributed by atoms with Crippen molar-refractivity contribution in [2.24, 2.45) is 5.41 Å². The number of ether oxygens (including phenoxy) is 1. The lowest BCUT2D eigenvalue weighted by molar-refractivity contribution is -0.305. The summed E-state index contributed by atoms with van der Waals surface area (Å²) in [6, 6.07) is 0. The van der Waals surface area contributed by atoms with Crippen LogP contribution in [0.4, 0.5) is 0 Å². The van der Waals surface area contributed by atoms with Crippen LogP contribution in [0, 0.1) is 5.41 Å². The summed E-state index contributed by atoms with van der Waals surface area (Å²) in [5.41, 5.74) is -0.163. The van der Waals surface area contributed by atoms with Crippen LogP contribution < -0.4 is 0 Å². The lowest BCUT2D eigenvalue weighted by Gasteiger charge is -2.30. The molecule has 2 atom stereocenters. The summed E-state index contributed by atoms with van der Waals surface area (Å²) in [5, 5.41) is 18.2. The second kappa shape index (κ2) is 7.76. The average Bonchev–Trinajstić information content (AvgIpc) is 2.23. The first-order valence-electron chi connectivity index (χ1n) is 5.92. The number of aliphatic hydroxyl groups is 1. The molecule has 5 heteroatoms. The summed E-state index contributed by atoms with van der Waals surface area (Å²) >= 11 is 0. The van der Waals surface area contributed by atoms with Gasteiger partial charge in [0.1, 0.15) is 5.78 Å². The molecule has 0 aromatic carbocycles. The van der Waals surface area contributed by atoms with E-state index in [0.29, 0.717) is 6.42 Å². The lowest BCUT2D eigenvalue weighted by Crippen LogP contribution is -2.32. The molecule has 2 unspecified atom stereocenters. The van der Waals surface area contributed by atoms with E-state index in [-0.39, 0.29) is 30.3 Å². The highest BCUT2D eigenvalue weighted by Crippen LogP contribution is 2.28. The number of hydrogen-bond acceptors (Lipinski definition) is 5. The van der Waals surface area contributed by atoms with Crippen molar-refractivity contribution in [2.45, 2.75) is 59.4 Å². The molecule has 0 aliphatic carbocycles. The number of rotatable bonds is 9. The fraction of sp³-hybridized carbons (Fsp3) is 0.917. The van der Waals surface area contributed by atoms with Gasteiger partial charge in [-0.2, -0.15) is 0 Å². The van der Waals surface area contributed by atoms with Crippen LogP contribution in [-0.4, -0.2) is 35.1 Å². The minimum absolute atomic E-state index is 0.0121. The third kappa shape index (κ3) is 6.73. The van der Waals surface area contributed by atoms with Gasteiger partial charge in [0.25, 0.3) is 0 Å². The molecule has 0 heterocycles. The van der Waals surface area contributed by atoms with Gasteiger partial charge in [-0.05, 0) is 18.8 Å². The molecule has 0 saturated heterocycles. The van der Waals surface area contributed by atoms with E-state index in [2.05, 4.69) is 4.89 Å². The molecule has 0 aliphatic heterocycles. The normalized spacial score (nSPS) is 15.6. The molecule has 0 amide bonds. The van der Waals surface area contributed by atoms with Gasteiger partial charge in [-0.25, -0.2) is 4.89 Å². The third-order valence-corrected chi connectivity index (χ3v) is 3.06. The molecule has 0 aromatic rings. The molecule has 0 radical (unpaired) electrons. The first kappa shape index (κ1) is 16.5. The molecule has 0 saturated carbocycles. The van der Waals surface area contributed by atoms with E-state index in [1.165, 1.54) is 6.92 Å². The second-order valence-corrected chi connectivity index (χ2v) is 4.96. The fourth-order valence-electron chi connectivity index (χ4n) is 1.43. The summed E-state index contributed by atoms with van der Waals surface area (Å²) in [5.74, 6) is -0.124. The highest BCUT2D eigenvalue weighted by molar-refractivity contribution is 5.75. The molecule has 0 bridgehead atoms. The zero-order chi connectivity index (χ0) is 13.5. The number of carbonyl (C=O) groups excluding carboxylic acids is 1. The molecular weight excluding hydrogens is 224 g/mol. The molecular formula is C12H24O5. The highest BCUT2D eigenvalue weighted by atomic mass is 17.1. The topological polar surface area (TPSA) is 76.0 Å². The van der Waals surface area contributed by atoms with Gasteiger partial charge >= 0.3 is 0 Å². The first-order valence-corrected chi connectivity index (χ1v) is 5.92. The van der Waals surface area contributed by atoms with Gasteiger partial charge in [0.05, 0.1) is 19.1 Å². The molecule has 0 aliphatic rings. The van der Waals surface area contributed by atoms with E-state index in [1.54, 1.807) is 0 Å². The highest BCUT2D eigenvalue weighted by Gasteiger charge is 2.29. The smallest absolute Gasteiger partial charge is 0.161 e. The van der Waals surface area contributed by atoms with Crippen molar-refractivity contribution < 1.29 is 24.8 Å². The van der Waals surface area contributed by atoms with Crippen LogP contribution in [0.15, 0.2) is 0 Å². The van der Waals surface area contributed by atoms with Gasteiger partial charge in [0.2, 0.25) is 0 Å². The van der Waals surface area contributed by atoms with E-state index in [9.17, 15) is 9.90 Å². The Morgan fingerprint density at radius 1 is 1.41 bits per heavy atom. The van der Waals surface area contributed by atoms with Crippen molar-refractivity contribution in [1.29, 1.82) is 0 Å². The van der Waals surface area contributed by atoms with Crippen LogP contribution in [0.1, 0.15) is 47.0 Å². The zero-order valence-electron chi connectivity index (χ0n) is 11.1. The third-order valence-electron chi connectivity index (χ3n) is 3.06. The Bertz CT molecular complexity index is 227. The van der Waals surface area contributed by atoms with Crippen LogP contribution in [0.3, 0.4) is 0 Å². The van der Waals surface area contributed by atoms with Gasteiger partial charge in [0.15, 0.2) is 6.29 Å². The van der Waals surface area contributed by atoms with Crippen LogP contribution in [0.25, 0.3) is 0 Å². The van der Waals surface area contributed by atoms with E-state index in [0.717, 1.165) is 6.42 Å². The Kier molecular flexibility index (Phi) is 7.54. The summed E-state index contributed by atoms with van der Waals surface area (Å²) in [7, 11) is 0. The second-order valence-electron chi connectivity index (χ2n) is 4.96. The molecule has 0 fully saturated rings. The monoisotopic (exact) mass is 248 g/mol. The maximum Gasteiger partial charge on any atom is 0.161 e. The van der Waals surface area contributed by atoms with Crippen molar-refractivity contribution >= 4 is 5.78 Å². The summed E-state index contributed by atoms with van der Waals surface area (Å²) in [6.07, 6.45) is -0.115. The van der Waals surface area contributed by atoms with Gasteiger partial charge < -0.3 is 9.84 Å². The number of aliphatic hydroxyl groups excluding tert-OH is 1. The predicted octanol–water partition coefficient (Wildman–Crippen LogP) is 1.99. The minimum Gasteiger partial charge on any atom is -0.368 e. The lowest BCUT2D eigenvalue weighted by atomic mass is 9.82. The van der Waals surface area contributed by atoms with Crippen molar-refractivity contribution in [3.8, 4) is 0 Å². The number of ketones is 1. The van der Waals surface area contributed by atoms with Crippen molar-refractivity contribution in [1.82, 2.24) is 0 Å². The van der Waals surface area contributed by atoms with Crippen LogP contribution in [0.5, 0.6) is 0 Å². The molecule has 2 N–H and O–H groups in total. The molecule has 5 nitrogen and oxygen atoms in total. The average molecular weight is 248 g/mol.